The molecule has 0 spiro atoms. The highest BCUT2D eigenvalue weighted by molar-refractivity contribution is 7.89. The fourth-order valence-corrected chi connectivity index (χ4v) is 3.30. The lowest BCUT2D eigenvalue weighted by molar-refractivity contribution is 0.560. The molecule has 112 valence electrons. The molecule has 0 radical (unpaired) electrons. The largest absolute Gasteiger partial charge is 0.389 e. The van der Waals surface area contributed by atoms with Crippen LogP contribution in [0.3, 0.4) is 0 Å². The summed E-state index contributed by atoms with van der Waals surface area (Å²) in [6.45, 7) is 3.37. The summed E-state index contributed by atoms with van der Waals surface area (Å²) >= 11 is 4.90. The Morgan fingerprint density at radius 1 is 1.48 bits per heavy atom. The Kier molecular flexibility index (Phi) is 4.30. The summed E-state index contributed by atoms with van der Waals surface area (Å²) in [6, 6.07) is 3.95. The van der Waals surface area contributed by atoms with Crippen molar-refractivity contribution in [3.8, 4) is 0 Å². The highest BCUT2D eigenvalue weighted by Gasteiger charge is 2.21. The number of rotatable bonds is 5. The lowest BCUT2D eigenvalue weighted by Gasteiger charge is -2.12. The third kappa shape index (κ3) is 3.40. The molecule has 2 rings (SSSR count). The van der Waals surface area contributed by atoms with E-state index in [1.54, 1.807) is 19.9 Å². The van der Waals surface area contributed by atoms with Crippen LogP contribution < -0.4 is 10.5 Å². The molecular weight excluding hydrogens is 312 g/mol. The zero-order chi connectivity index (χ0) is 15.6. The van der Waals surface area contributed by atoms with Crippen molar-refractivity contribution in [2.75, 3.05) is 0 Å². The number of aromatic nitrogens is 4. The topological polar surface area (TPSA) is 127 Å². The standard InChI is InChI=1S/C11H14N6O2S2/c1-6-5-8(3-4-9(6)10(12)20)21(18,19)15-7(2)11-13-16-17-14-11/h3-5,7,15H,1-2H3,(H2,12,20)(H,13,14,16,17). The van der Waals surface area contributed by atoms with Crippen molar-refractivity contribution in [1.82, 2.24) is 25.3 Å². The molecule has 10 heteroatoms. The highest BCUT2D eigenvalue weighted by Crippen LogP contribution is 2.17. The van der Waals surface area contributed by atoms with E-state index in [9.17, 15) is 8.42 Å². The number of aryl methyl sites for hydroxylation is 1. The maximum atomic E-state index is 12.3. The van der Waals surface area contributed by atoms with Crippen molar-refractivity contribution in [1.29, 1.82) is 0 Å². The molecule has 0 amide bonds. The summed E-state index contributed by atoms with van der Waals surface area (Å²) in [6.07, 6.45) is 0. The average Bonchev–Trinajstić information content (AvgIpc) is 2.91. The zero-order valence-electron chi connectivity index (χ0n) is 11.4. The van der Waals surface area contributed by atoms with Crippen LogP contribution in [0, 0.1) is 6.92 Å². The third-order valence-electron chi connectivity index (χ3n) is 2.85. The van der Waals surface area contributed by atoms with E-state index in [0.717, 1.165) is 0 Å². The van der Waals surface area contributed by atoms with Gasteiger partial charge >= 0.3 is 0 Å². The number of hydrogen-bond acceptors (Lipinski definition) is 6. The molecule has 2 aromatic rings. The molecule has 1 unspecified atom stereocenters. The molecule has 0 saturated heterocycles. The molecule has 4 N–H and O–H groups in total. The molecule has 0 aliphatic carbocycles. The predicted octanol–water partition coefficient (Wildman–Crippen LogP) is 0.182. The molecule has 0 aliphatic rings. The summed E-state index contributed by atoms with van der Waals surface area (Å²) < 4.78 is 27.1. The van der Waals surface area contributed by atoms with Gasteiger partial charge in [-0.2, -0.15) is 5.21 Å². The van der Waals surface area contributed by atoms with Crippen LogP contribution in [-0.2, 0) is 10.0 Å². The summed E-state index contributed by atoms with van der Waals surface area (Å²) in [5.74, 6) is 0.259. The van der Waals surface area contributed by atoms with Crippen LogP contribution in [0.15, 0.2) is 23.1 Å². The summed E-state index contributed by atoms with van der Waals surface area (Å²) in [7, 11) is -3.71. The Labute approximate surface area is 127 Å². The zero-order valence-corrected chi connectivity index (χ0v) is 13.0. The van der Waals surface area contributed by atoms with Gasteiger partial charge in [0.25, 0.3) is 0 Å². The quantitative estimate of drug-likeness (QED) is 0.669. The Hall–Kier alpha value is -1.91. The van der Waals surface area contributed by atoms with Crippen LogP contribution in [0.25, 0.3) is 0 Å². The highest BCUT2D eigenvalue weighted by atomic mass is 32.2. The fourth-order valence-electron chi connectivity index (χ4n) is 1.79. The number of nitrogens with zero attached hydrogens (tertiary/aromatic N) is 3. The van der Waals surface area contributed by atoms with E-state index in [-0.39, 0.29) is 15.7 Å². The maximum absolute atomic E-state index is 12.3. The molecule has 1 atom stereocenters. The van der Waals surface area contributed by atoms with Gasteiger partial charge in [-0.1, -0.05) is 23.5 Å². The predicted molar refractivity (Wildman–Crippen MR) is 80.0 cm³/mol. The van der Waals surface area contributed by atoms with Gasteiger partial charge in [-0.3, -0.25) is 0 Å². The van der Waals surface area contributed by atoms with E-state index in [0.29, 0.717) is 11.1 Å². The second-order valence-electron chi connectivity index (χ2n) is 4.45. The van der Waals surface area contributed by atoms with Gasteiger partial charge in [0.1, 0.15) is 4.99 Å². The number of nitrogens with one attached hydrogen (secondary N) is 2. The van der Waals surface area contributed by atoms with Gasteiger partial charge in [0.05, 0.1) is 10.9 Å². The number of tetrazole rings is 1. The molecule has 0 bridgehead atoms. The van der Waals surface area contributed by atoms with Crippen LogP contribution in [0.1, 0.15) is 29.9 Å². The summed E-state index contributed by atoms with van der Waals surface area (Å²) in [5, 5.41) is 13.1. The van der Waals surface area contributed by atoms with Gasteiger partial charge in [0.2, 0.25) is 10.0 Å². The van der Waals surface area contributed by atoms with Crippen LogP contribution in [0.5, 0.6) is 0 Å². The van der Waals surface area contributed by atoms with Crippen molar-refractivity contribution in [2.45, 2.75) is 24.8 Å². The van der Waals surface area contributed by atoms with E-state index in [4.69, 9.17) is 18.0 Å². The molecule has 1 heterocycles. The van der Waals surface area contributed by atoms with Gasteiger partial charge in [-0.15, -0.1) is 10.2 Å². The van der Waals surface area contributed by atoms with E-state index < -0.39 is 16.1 Å². The van der Waals surface area contributed by atoms with Crippen LogP contribution in [0.2, 0.25) is 0 Å². The third-order valence-corrected chi connectivity index (χ3v) is 4.61. The molecule has 1 aromatic heterocycles. The van der Waals surface area contributed by atoms with E-state index in [2.05, 4.69) is 25.3 Å². The van der Waals surface area contributed by atoms with E-state index >= 15 is 0 Å². The Balaban J connectivity index is 2.28. The molecule has 0 aliphatic heterocycles. The lowest BCUT2D eigenvalue weighted by atomic mass is 10.1. The van der Waals surface area contributed by atoms with Gasteiger partial charge in [-0.05, 0) is 31.5 Å². The normalized spacial score (nSPS) is 13.0. The molecule has 1 aromatic carbocycles. The van der Waals surface area contributed by atoms with Crippen molar-refractivity contribution in [3.63, 3.8) is 0 Å². The minimum Gasteiger partial charge on any atom is -0.389 e. The lowest BCUT2D eigenvalue weighted by Crippen LogP contribution is -2.28. The van der Waals surface area contributed by atoms with Crippen LogP contribution in [-0.4, -0.2) is 34.0 Å². The number of aromatic amines is 1. The number of hydrogen-bond donors (Lipinski definition) is 3. The maximum Gasteiger partial charge on any atom is 0.241 e. The molecule has 21 heavy (non-hydrogen) atoms. The first-order valence-electron chi connectivity index (χ1n) is 5.97. The second kappa shape index (κ2) is 5.84. The number of thiocarbonyl (C=S) groups is 1. The number of H-pyrrole nitrogens is 1. The molecule has 0 saturated carbocycles. The fraction of sp³-hybridized carbons (Fsp3) is 0.273. The minimum absolute atomic E-state index is 0.121. The first-order valence-corrected chi connectivity index (χ1v) is 7.86. The van der Waals surface area contributed by atoms with Crippen molar-refractivity contribution in [3.05, 3.63) is 35.2 Å². The Morgan fingerprint density at radius 3 is 2.71 bits per heavy atom. The van der Waals surface area contributed by atoms with Crippen molar-refractivity contribution in [2.24, 2.45) is 5.73 Å². The van der Waals surface area contributed by atoms with Gasteiger partial charge in [0.15, 0.2) is 5.82 Å². The number of nitrogens with two attached hydrogens (primary N) is 1. The number of benzene rings is 1. The first-order chi connectivity index (χ1) is 9.81. The monoisotopic (exact) mass is 326 g/mol. The Morgan fingerprint density at radius 2 is 2.19 bits per heavy atom. The van der Waals surface area contributed by atoms with Gasteiger partial charge in [0, 0.05) is 5.56 Å². The van der Waals surface area contributed by atoms with Crippen molar-refractivity contribution >= 4 is 27.2 Å². The van der Waals surface area contributed by atoms with Crippen molar-refractivity contribution < 1.29 is 8.42 Å². The number of sulfonamides is 1. The summed E-state index contributed by atoms with van der Waals surface area (Å²) in [5.41, 5.74) is 6.90. The minimum atomic E-state index is -3.71. The molecular formula is C11H14N6O2S2. The Bertz CT molecular complexity index is 757. The smallest absolute Gasteiger partial charge is 0.241 e. The second-order valence-corrected chi connectivity index (χ2v) is 6.61. The van der Waals surface area contributed by atoms with Crippen LogP contribution in [0.4, 0.5) is 0 Å². The molecule has 8 nitrogen and oxygen atoms in total. The first kappa shape index (κ1) is 15.5. The van der Waals surface area contributed by atoms with Gasteiger partial charge in [-0.25, -0.2) is 13.1 Å². The van der Waals surface area contributed by atoms with E-state index in [1.807, 2.05) is 0 Å². The van der Waals surface area contributed by atoms with Crippen LogP contribution >= 0.6 is 12.2 Å². The SMILES string of the molecule is Cc1cc(S(=O)(=O)NC(C)c2nn[nH]n2)ccc1C(N)=S. The summed E-state index contributed by atoms with van der Waals surface area (Å²) in [4.78, 5) is 0.347. The average molecular weight is 326 g/mol. The van der Waals surface area contributed by atoms with Gasteiger partial charge < -0.3 is 5.73 Å². The molecule has 0 fully saturated rings. The van der Waals surface area contributed by atoms with E-state index in [1.165, 1.54) is 12.1 Å².